The average molecular weight is 444 g/mol. The predicted octanol–water partition coefficient (Wildman–Crippen LogP) is -0.00738. The van der Waals surface area contributed by atoms with Gasteiger partial charge in [0, 0.05) is 10.6 Å². The van der Waals surface area contributed by atoms with Crippen molar-refractivity contribution >= 4 is 29.1 Å². The van der Waals surface area contributed by atoms with E-state index in [4.69, 9.17) is 21.1 Å². The van der Waals surface area contributed by atoms with Gasteiger partial charge in [0.1, 0.15) is 32.7 Å². The standard InChI is InChI=1S/C23H24ClN3O4/c1-15-2-4-17(11-18(15)24)27-22(28)12-19(23(27)29)26-8-6-25(7-9-26)13-16-3-5-20-21(10-16)31-14-30-20/h2-5,10-11,19H,6-9,12-14H2,1H3/p+2. The monoisotopic (exact) mass is 443 g/mol. The Bertz CT molecular complexity index is 1040. The van der Waals surface area contributed by atoms with Crippen LogP contribution in [0.1, 0.15) is 17.5 Å². The van der Waals surface area contributed by atoms with Crippen molar-refractivity contribution in [2.75, 3.05) is 37.9 Å². The van der Waals surface area contributed by atoms with Crippen LogP contribution in [0.5, 0.6) is 11.5 Å². The molecule has 2 fully saturated rings. The minimum Gasteiger partial charge on any atom is -0.454 e. The Labute approximate surface area is 186 Å². The van der Waals surface area contributed by atoms with Gasteiger partial charge in [0.25, 0.3) is 5.91 Å². The highest BCUT2D eigenvalue weighted by atomic mass is 35.5. The molecule has 0 aliphatic carbocycles. The van der Waals surface area contributed by atoms with Gasteiger partial charge in [-0.3, -0.25) is 9.59 Å². The lowest BCUT2D eigenvalue weighted by molar-refractivity contribution is -1.02. The van der Waals surface area contributed by atoms with Gasteiger partial charge in [-0.25, -0.2) is 4.90 Å². The molecule has 2 aromatic carbocycles. The molecule has 3 aliphatic rings. The number of carbonyl (C=O) groups is 2. The van der Waals surface area contributed by atoms with Crippen LogP contribution in [0.2, 0.25) is 5.02 Å². The second kappa shape index (κ2) is 8.15. The summed E-state index contributed by atoms with van der Waals surface area (Å²) in [7, 11) is 0. The maximum absolute atomic E-state index is 13.1. The lowest BCUT2D eigenvalue weighted by Crippen LogP contribution is -3.29. The molecular weight excluding hydrogens is 418 g/mol. The molecule has 5 rings (SSSR count). The number of halogens is 1. The second-order valence-electron chi connectivity index (χ2n) is 8.53. The second-order valence-corrected chi connectivity index (χ2v) is 8.94. The Kier molecular flexibility index (Phi) is 5.33. The maximum atomic E-state index is 13.1. The molecule has 0 spiro atoms. The minimum atomic E-state index is -0.306. The number of hydrogen-bond donors (Lipinski definition) is 2. The third kappa shape index (κ3) is 3.89. The van der Waals surface area contributed by atoms with Crippen molar-refractivity contribution in [3.63, 3.8) is 0 Å². The first-order valence-corrected chi connectivity index (χ1v) is 11.1. The molecule has 31 heavy (non-hydrogen) atoms. The van der Waals surface area contributed by atoms with E-state index in [9.17, 15) is 9.59 Å². The number of benzene rings is 2. The third-order valence-electron chi connectivity index (χ3n) is 6.54. The van der Waals surface area contributed by atoms with Gasteiger partial charge in [-0.05, 0) is 42.8 Å². The van der Waals surface area contributed by atoms with Crippen LogP contribution in [0.15, 0.2) is 36.4 Å². The molecule has 0 bridgehead atoms. The summed E-state index contributed by atoms with van der Waals surface area (Å²) in [5.74, 6) is 1.36. The molecule has 1 atom stereocenters. The van der Waals surface area contributed by atoms with E-state index in [1.807, 2.05) is 19.1 Å². The highest BCUT2D eigenvalue weighted by Gasteiger charge is 2.47. The van der Waals surface area contributed by atoms with Crippen LogP contribution < -0.4 is 24.2 Å². The molecule has 8 heteroatoms. The summed E-state index contributed by atoms with van der Waals surface area (Å²) in [6.07, 6.45) is 0.261. The smallest absolute Gasteiger partial charge is 0.292 e. The number of rotatable bonds is 4. The van der Waals surface area contributed by atoms with Crippen molar-refractivity contribution in [3.05, 3.63) is 52.5 Å². The Morgan fingerprint density at radius 3 is 2.58 bits per heavy atom. The number of amides is 2. The van der Waals surface area contributed by atoms with Crippen LogP contribution in [-0.2, 0) is 16.1 Å². The van der Waals surface area contributed by atoms with Crippen LogP contribution in [0, 0.1) is 6.92 Å². The summed E-state index contributed by atoms with van der Waals surface area (Å²) in [5, 5.41) is 0.564. The first kappa shape index (κ1) is 20.3. The van der Waals surface area contributed by atoms with Crippen molar-refractivity contribution in [2.24, 2.45) is 0 Å². The molecule has 0 radical (unpaired) electrons. The first-order chi connectivity index (χ1) is 15.0. The number of ether oxygens (including phenoxy) is 2. The number of hydrogen-bond acceptors (Lipinski definition) is 4. The molecule has 7 nitrogen and oxygen atoms in total. The van der Waals surface area contributed by atoms with Crippen LogP contribution in [0.3, 0.4) is 0 Å². The van der Waals surface area contributed by atoms with E-state index < -0.39 is 0 Å². The van der Waals surface area contributed by atoms with Crippen LogP contribution >= 0.6 is 11.6 Å². The number of nitrogens with one attached hydrogen (secondary N) is 2. The fourth-order valence-corrected chi connectivity index (χ4v) is 4.91. The zero-order valence-corrected chi connectivity index (χ0v) is 18.2. The van der Waals surface area contributed by atoms with Gasteiger partial charge in [-0.15, -0.1) is 0 Å². The average Bonchev–Trinajstić information content (AvgIpc) is 3.34. The van der Waals surface area contributed by atoms with Gasteiger partial charge < -0.3 is 19.3 Å². The zero-order valence-electron chi connectivity index (χ0n) is 17.4. The van der Waals surface area contributed by atoms with E-state index in [0.29, 0.717) is 10.7 Å². The molecule has 3 heterocycles. The summed E-state index contributed by atoms with van der Waals surface area (Å²) in [5.41, 5.74) is 2.71. The molecule has 2 N–H and O–H groups in total. The van der Waals surface area contributed by atoms with Crippen LogP contribution in [0.4, 0.5) is 5.69 Å². The number of nitrogens with zero attached hydrogens (tertiary/aromatic N) is 1. The van der Waals surface area contributed by atoms with E-state index >= 15 is 0 Å². The van der Waals surface area contributed by atoms with Crippen molar-refractivity contribution in [1.29, 1.82) is 0 Å². The Hall–Kier alpha value is -2.61. The molecule has 2 aromatic rings. The number of piperazine rings is 1. The number of fused-ring (bicyclic) bond motifs is 1. The van der Waals surface area contributed by atoms with Gasteiger partial charge in [-0.1, -0.05) is 17.7 Å². The maximum Gasteiger partial charge on any atom is 0.292 e. The van der Waals surface area contributed by atoms with Crippen molar-refractivity contribution in [3.8, 4) is 11.5 Å². The van der Waals surface area contributed by atoms with Gasteiger partial charge in [0.2, 0.25) is 12.7 Å². The summed E-state index contributed by atoms with van der Waals surface area (Å²) in [6.45, 7) is 6.75. The lowest BCUT2D eigenvalue weighted by atomic mass is 10.1. The quantitative estimate of drug-likeness (QED) is 0.653. The van der Waals surface area contributed by atoms with E-state index in [-0.39, 0.29) is 31.1 Å². The van der Waals surface area contributed by atoms with Gasteiger partial charge in [0.15, 0.2) is 17.5 Å². The highest BCUT2D eigenvalue weighted by molar-refractivity contribution is 6.32. The normalized spacial score (nSPS) is 25.4. The van der Waals surface area contributed by atoms with Crippen molar-refractivity contribution in [1.82, 2.24) is 0 Å². The summed E-state index contributed by atoms with van der Waals surface area (Å²) in [6, 6.07) is 11.1. The summed E-state index contributed by atoms with van der Waals surface area (Å²) in [4.78, 5) is 29.7. The first-order valence-electron chi connectivity index (χ1n) is 10.7. The van der Waals surface area contributed by atoms with Crippen LogP contribution in [0.25, 0.3) is 0 Å². The molecule has 162 valence electrons. The van der Waals surface area contributed by atoms with Crippen molar-refractivity contribution < 1.29 is 28.9 Å². The lowest BCUT2D eigenvalue weighted by Gasteiger charge is -2.32. The fourth-order valence-electron chi connectivity index (χ4n) is 4.73. The number of anilines is 1. The van der Waals surface area contributed by atoms with Crippen LogP contribution in [-0.4, -0.2) is 50.8 Å². The summed E-state index contributed by atoms with van der Waals surface area (Å²) < 4.78 is 10.9. The van der Waals surface area contributed by atoms with E-state index in [0.717, 1.165) is 49.8 Å². The van der Waals surface area contributed by atoms with E-state index in [1.54, 1.807) is 12.1 Å². The van der Waals surface area contributed by atoms with Crippen molar-refractivity contribution in [2.45, 2.75) is 25.9 Å². The topological polar surface area (TPSA) is 64.7 Å². The molecule has 2 amide bonds. The molecule has 0 saturated carbocycles. The molecular formula is C23H26ClN3O4+2. The zero-order chi connectivity index (χ0) is 21.5. The predicted molar refractivity (Wildman–Crippen MR) is 115 cm³/mol. The highest BCUT2D eigenvalue weighted by Crippen LogP contribution is 2.32. The molecule has 0 aromatic heterocycles. The molecule has 1 unspecified atom stereocenters. The van der Waals surface area contributed by atoms with Gasteiger partial charge >= 0.3 is 0 Å². The fraction of sp³-hybridized carbons (Fsp3) is 0.391. The Balaban J connectivity index is 1.21. The minimum absolute atomic E-state index is 0.112. The molecule has 3 aliphatic heterocycles. The van der Waals surface area contributed by atoms with E-state index in [1.165, 1.54) is 20.3 Å². The molecule has 2 saturated heterocycles. The third-order valence-corrected chi connectivity index (χ3v) is 6.95. The summed E-state index contributed by atoms with van der Waals surface area (Å²) >= 11 is 6.21. The largest absolute Gasteiger partial charge is 0.454 e. The van der Waals surface area contributed by atoms with Gasteiger partial charge in [0.05, 0.1) is 12.1 Å². The Morgan fingerprint density at radius 2 is 1.81 bits per heavy atom. The number of carbonyl (C=O) groups excluding carboxylic acids is 2. The van der Waals surface area contributed by atoms with Gasteiger partial charge in [-0.2, -0.15) is 0 Å². The Morgan fingerprint density at radius 1 is 1.03 bits per heavy atom. The SMILES string of the molecule is Cc1ccc(N2C(=O)CC([NH+]3CC[NH+](Cc4ccc5c(c4)OCO5)CC3)C2=O)cc1Cl. The number of aryl methyl sites for hydroxylation is 1. The number of imide groups is 1. The number of quaternary nitrogens is 2. The van der Waals surface area contributed by atoms with E-state index in [2.05, 4.69) is 12.1 Å².